The van der Waals surface area contributed by atoms with Crippen LogP contribution in [0.5, 0.6) is 11.5 Å². The highest BCUT2D eigenvalue weighted by molar-refractivity contribution is 5.76. The molecule has 0 heterocycles. The van der Waals surface area contributed by atoms with Crippen molar-refractivity contribution in [3.8, 4) is 11.5 Å². The van der Waals surface area contributed by atoms with Crippen LogP contribution in [0.15, 0.2) is 18.2 Å². The molecule has 0 saturated carbocycles. The maximum atomic E-state index is 12.7. The Labute approximate surface area is 249 Å². The number of ether oxygens (including phenoxy) is 6. The molecule has 0 aliphatic rings. The first-order valence-corrected chi connectivity index (χ1v) is 14.9. The zero-order chi connectivity index (χ0) is 31.7. The molecule has 2 unspecified atom stereocenters. The van der Waals surface area contributed by atoms with Gasteiger partial charge in [0.05, 0.1) is 13.2 Å². The number of carbonyl (C=O) groups is 4. The van der Waals surface area contributed by atoms with E-state index in [-0.39, 0.29) is 48.9 Å². The van der Waals surface area contributed by atoms with Gasteiger partial charge in [-0.15, -0.1) is 0 Å². The average molecular weight is 596 g/mol. The van der Waals surface area contributed by atoms with Gasteiger partial charge < -0.3 is 34.2 Å². The summed E-state index contributed by atoms with van der Waals surface area (Å²) in [6.07, 6.45) is 1.35. The number of nitrogens with two attached hydrogens (primary N) is 1. The van der Waals surface area contributed by atoms with Crippen molar-refractivity contribution in [2.24, 2.45) is 17.6 Å². The SMILES string of the molecule is CCCCCC(=O)O[C@@H](C)[C@H](C)OC(=O)[C@@H](N)Cc1ccc(OC(=O)OCC(C)CC)c(OC(=O)OCC(C)CC)c1. The summed E-state index contributed by atoms with van der Waals surface area (Å²) in [4.78, 5) is 49.3. The summed E-state index contributed by atoms with van der Waals surface area (Å²) in [6.45, 7) is 13.4. The van der Waals surface area contributed by atoms with Crippen LogP contribution in [-0.4, -0.2) is 55.7 Å². The minimum atomic E-state index is -1.07. The number of esters is 2. The highest BCUT2D eigenvalue weighted by Crippen LogP contribution is 2.30. The Morgan fingerprint density at radius 2 is 1.31 bits per heavy atom. The monoisotopic (exact) mass is 595 g/mol. The third kappa shape index (κ3) is 14.5. The van der Waals surface area contributed by atoms with Gasteiger partial charge in [-0.1, -0.05) is 66.4 Å². The van der Waals surface area contributed by atoms with Crippen molar-refractivity contribution in [2.75, 3.05) is 13.2 Å². The second-order valence-corrected chi connectivity index (χ2v) is 10.7. The molecule has 238 valence electrons. The minimum Gasteiger partial charge on any atom is -0.459 e. The molecule has 0 saturated heterocycles. The first-order chi connectivity index (χ1) is 19.9. The van der Waals surface area contributed by atoms with E-state index in [0.29, 0.717) is 12.0 Å². The Kier molecular flexibility index (Phi) is 17.2. The van der Waals surface area contributed by atoms with Crippen LogP contribution in [-0.2, 0) is 35.0 Å². The van der Waals surface area contributed by atoms with Crippen molar-refractivity contribution < 1.29 is 47.6 Å². The second-order valence-electron chi connectivity index (χ2n) is 10.7. The van der Waals surface area contributed by atoms with Crippen molar-refractivity contribution >= 4 is 24.2 Å². The van der Waals surface area contributed by atoms with E-state index in [2.05, 4.69) is 0 Å². The van der Waals surface area contributed by atoms with Gasteiger partial charge >= 0.3 is 24.2 Å². The maximum Gasteiger partial charge on any atom is 0.513 e. The predicted molar refractivity (Wildman–Crippen MR) is 156 cm³/mol. The molecular formula is C31H49NO10. The fourth-order valence-corrected chi connectivity index (χ4v) is 3.32. The molecule has 0 aromatic heterocycles. The topological polar surface area (TPSA) is 150 Å². The number of unbranched alkanes of at least 4 members (excludes halogenated alkanes) is 2. The van der Waals surface area contributed by atoms with Gasteiger partial charge in [0, 0.05) is 6.42 Å². The lowest BCUT2D eigenvalue weighted by Crippen LogP contribution is -2.39. The lowest BCUT2D eigenvalue weighted by molar-refractivity contribution is -0.166. The molecule has 5 atom stereocenters. The van der Waals surface area contributed by atoms with Crippen LogP contribution in [0.1, 0.15) is 92.6 Å². The fraction of sp³-hybridized carbons (Fsp3) is 0.677. The molecule has 11 nitrogen and oxygen atoms in total. The van der Waals surface area contributed by atoms with E-state index in [0.717, 1.165) is 32.1 Å². The van der Waals surface area contributed by atoms with Crippen molar-refractivity contribution in [3.63, 3.8) is 0 Å². The lowest BCUT2D eigenvalue weighted by Gasteiger charge is -2.22. The van der Waals surface area contributed by atoms with E-state index < -0.39 is 36.5 Å². The highest BCUT2D eigenvalue weighted by atomic mass is 16.7. The smallest absolute Gasteiger partial charge is 0.459 e. The zero-order valence-corrected chi connectivity index (χ0v) is 26.1. The molecule has 0 radical (unpaired) electrons. The normalized spacial score (nSPS) is 14.5. The molecule has 2 N–H and O–H groups in total. The quantitative estimate of drug-likeness (QED) is 0.0904. The molecule has 0 aliphatic heterocycles. The van der Waals surface area contributed by atoms with Gasteiger partial charge in [0.1, 0.15) is 18.2 Å². The van der Waals surface area contributed by atoms with E-state index in [1.54, 1.807) is 19.9 Å². The van der Waals surface area contributed by atoms with E-state index in [1.165, 1.54) is 12.1 Å². The third-order valence-electron chi connectivity index (χ3n) is 6.78. The van der Waals surface area contributed by atoms with Crippen molar-refractivity contribution in [1.82, 2.24) is 0 Å². The largest absolute Gasteiger partial charge is 0.513 e. The molecule has 1 aromatic carbocycles. The zero-order valence-electron chi connectivity index (χ0n) is 26.1. The van der Waals surface area contributed by atoms with E-state index >= 15 is 0 Å². The summed E-state index contributed by atoms with van der Waals surface area (Å²) >= 11 is 0. The lowest BCUT2D eigenvalue weighted by atomic mass is 10.1. The van der Waals surface area contributed by atoms with Crippen LogP contribution in [0.25, 0.3) is 0 Å². The summed E-state index contributed by atoms with van der Waals surface area (Å²) in [5.74, 6) is -0.914. The third-order valence-corrected chi connectivity index (χ3v) is 6.78. The van der Waals surface area contributed by atoms with Crippen LogP contribution >= 0.6 is 0 Å². The van der Waals surface area contributed by atoms with Gasteiger partial charge in [-0.3, -0.25) is 9.59 Å². The number of hydrogen-bond acceptors (Lipinski definition) is 11. The summed E-state index contributed by atoms with van der Waals surface area (Å²) in [7, 11) is 0. The Bertz CT molecular complexity index is 998. The minimum absolute atomic E-state index is 0.0216. The van der Waals surface area contributed by atoms with Gasteiger partial charge in [0.2, 0.25) is 0 Å². The Hall–Kier alpha value is -3.34. The van der Waals surface area contributed by atoms with Crippen LogP contribution in [0.3, 0.4) is 0 Å². The fourth-order valence-electron chi connectivity index (χ4n) is 3.32. The van der Waals surface area contributed by atoms with Crippen LogP contribution < -0.4 is 15.2 Å². The standard InChI is InChI=1S/C31H49NO10/c1-8-11-12-13-28(33)39-22(6)23(7)40-29(34)25(32)16-24-14-15-26(41-30(35)37-18-20(4)9-2)27(17-24)42-31(36)38-19-21(5)10-3/h14-15,17,20-23,25H,8-13,16,18-19,32H2,1-7H3/t20?,21?,22-,23-,25-/m0/s1. The highest BCUT2D eigenvalue weighted by Gasteiger charge is 2.25. The van der Waals surface area contributed by atoms with Crippen molar-refractivity contribution in [3.05, 3.63) is 23.8 Å². The summed E-state index contributed by atoms with van der Waals surface area (Å²) in [5, 5.41) is 0. The Morgan fingerprint density at radius 3 is 1.86 bits per heavy atom. The number of hydrogen-bond donors (Lipinski definition) is 1. The van der Waals surface area contributed by atoms with Crippen LogP contribution in [0, 0.1) is 11.8 Å². The number of rotatable bonds is 18. The van der Waals surface area contributed by atoms with Crippen molar-refractivity contribution in [2.45, 2.75) is 112 Å². The van der Waals surface area contributed by atoms with Gasteiger partial charge in [-0.05, 0) is 56.2 Å². The summed E-state index contributed by atoms with van der Waals surface area (Å²) in [6, 6.07) is 3.35. The van der Waals surface area contributed by atoms with Gasteiger partial charge in [-0.25, -0.2) is 9.59 Å². The molecule has 0 aliphatic carbocycles. The molecular weight excluding hydrogens is 546 g/mol. The van der Waals surface area contributed by atoms with E-state index in [1.807, 2.05) is 34.6 Å². The number of benzene rings is 1. The average Bonchev–Trinajstić information content (AvgIpc) is 2.95. The Morgan fingerprint density at radius 1 is 0.762 bits per heavy atom. The Balaban J connectivity index is 2.90. The van der Waals surface area contributed by atoms with Crippen LogP contribution in [0.4, 0.5) is 9.59 Å². The number of carbonyl (C=O) groups excluding carboxylic acids is 4. The molecule has 1 rings (SSSR count). The second kappa shape index (κ2) is 19.7. The predicted octanol–water partition coefficient (Wildman–Crippen LogP) is 6.12. The first kappa shape index (κ1) is 36.7. The van der Waals surface area contributed by atoms with Crippen LogP contribution in [0.2, 0.25) is 0 Å². The van der Waals surface area contributed by atoms with E-state index in [9.17, 15) is 19.2 Å². The molecule has 42 heavy (non-hydrogen) atoms. The van der Waals surface area contributed by atoms with Gasteiger partial charge in [0.25, 0.3) is 0 Å². The molecule has 11 heteroatoms. The van der Waals surface area contributed by atoms with Gasteiger partial charge in [0.15, 0.2) is 11.5 Å². The first-order valence-electron chi connectivity index (χ1n) is 14.9. The van der Waals surface area contributed by atoms with Crippen molar-refractivity contribution in [1.29, 1.82) is 0 Å². The molecule has 0 fully saturated rings. The molecule has 0 amide bonds. The summed E-state index contributed by atoms with van der Waals surface area (Å²) in [5.41, 5.74) is 6.61. The molecule has 1 aromatic rings. The maximum absolute atomic E-state index is 12.7. The molecule has 0 spiro atoms. The summed E-state index contributed by atoms with van der Waals surface area (Å²) < 4.78 is 31.7. The molecule has 0 bridgehead atoms. The van der Waals surface area contributed by atoms with E-state index in [4.69, 9.17) is 34.2 Å². The van der Waals surface area contributed by atoms with Gasteiger partial charge in [-0.2, -0.15) is 0 Å².